The van der Waals surface area contributed by atoms with Crippen molar-refractivity contribution in [3.8, 4) is 11.3 Å². The van der Waals surface area contributed by atoms with E-state index in [2.05, 4.69) is 25.9 Å². The summed E-state index contributed by atoms with van der Waals surface area (Å²) in [6.45, 7) is 7.29. The molecule has 178 valence electrons. The van der Waals surface area contributed by atoms with Crippen molar-refractivity contribution < 1.29 is 19.1 Å². The zero-order valence-corrected chi connectivity index (χ0v) is 20.9. The van der Waals surface area contributed by atoms with Gasteiger partial charge >= 0.3 is 6.09 Å². The molecule has 0 bridgehead atoms. The van der Waals surface area contributed by atoms with Crippen LogP contribution in [-0.4, -0.2) is 33.5 Å². The first-order chi connectivity index (χ1) is 16.1. The number of benzene rings is 1. The highest BCUT2D eigenvalue weighted by molar-refractivity contribution is 7.15. The van der Waals surface area contributed by atoms with Crippen LogP contribution in [0.5, 0.6) is 0 Å². The van der Waals surface area contributed by atoms with Gasteiger partial charge in [0.15, 0.2) is 5.13 Å². The fraction of sp³-hybridized carbons (Fsp3) is 0.348. The lowest BCUT2D eigenvalue weighted by Crippen LogP contribution is -2.32. The molecule has 0 saturated carbocycles. The molecule has 0 unspecified atom stereocenters. The lowest BCUT2D eigenvalue weighted by Gasteiger charge is -2.19. The van der Waals surface area contributed by atoms with E-state index in [-0.39, 0.29) is 18.4 Å². The van der Waals surface area contributed by atoms with Crippen molar-refractivity contribution >= 4 is 51.4 Å². The smallest absolute Gasteiger partial charge is 0.408 e. The molecule has 9 nitrogen and oxygen atoms in total. The Hall–Kier alpha value is -3.31. The van der Waals surface area contributed by atoms with Crippen LogP contribution in [0.15, 0.2) is 23.6 Å². The number of nitrogens with one attached hydrogen (secondary N) is 3. The molecule has 0 spiro atoms. The molecule has 1 aromatic carbocycles. The van der Waals surface area contributed by atoms with Gasteiger partial charge in [-0.15, -0.1) is 22.7 Å². The van der Waals surface area contributed by atoms with Crippen LogP contribution < -0.4 is 16.0 Å². The minimum absolute atomic E-state index is 0.0287. The highest BCUT2D eigenvalue weighted by Gasteiger charge is 2.20. The molecule has 0 saturated heterocycles. The Bertz CT molecular complexity index is 1260. The van der Waals surface area contributed by atoms with Crippen molar-refractivity contribution in [1.29, 1.82) is 0 Å². The van der Waals surface area contributed by atoms with Gasteiger partial charge in [0.1, 0.15) is 15.5 Å². The van der Waals surface area contributed by atoms with Crippen molar-refractivity contribution in [2.24, 2.45) is 0 Å². The summed E-state index contributed by atoms with van der Waals surface area (Å²) in [5.41, 5.74) is 3.58. The van der Waals surface area contributed by atoms with Crippen LogP contribution in [-0.2, 0) is 22.5 Å². The average molecular weight is 500 g/mol. The first-order valence-electron chi connectivity index (χ1n) is 10.7. The number of aromatic nitrogens is 2. The molecule has 0 aliphatic carbocycles. The maximum Gasteiger partial charge on any atom is 0.408 e. The molecule has 2 aromatic heterocycles. The quantitative estimate of drug-likeness (QED) is 0.466. The van der Waals surface area contributed by atoms with E-state index in [9.17, 15) is 14.4 Å². The van der Waals surface area contributed by atoms with Gasteiger partial charge in [-0.3, -0.25) is 14.9 Å². The van der Waals surface area contributed by atoms with Crippen molar-refractivity contribution in [1.82, 2.24) is 15.3 Å². The largest absolute Gasteiger partial charge is 0.444 e. The fourth-order valence-electron chi connectivity index (χ4n) is 3.36. The van der Waals surface area contributed by atoms with Gasteiger partial charge in [0.2, 0.25) is 5.91 Å². The van der Waals surface area contributed by atoms with E-state index in [1.165, 1.54) is 22.7 Å². The molecule has 3 heterocycles. The SMILES string of the molecule is Cc1nc(CNC(=O)OC(C)(C)C)sc1C(=O)Nc1nc(-c2ccc3c(c2)CCC(=O)N3)cs1. The van der Waals surface area contributed by atoms with E-state index >= 15 is 0 Å². The van der Waals surface area contributed by atoms with Gasteiger partial charge in [-0.05, 0) is 51.8 Å². The van der Waals surface area contributed by atoms with E-state index in [0.29, 0.717) is 33.6 Å². The summed E-state index contributed by atoms with van der Waals surface area (Å²) in [7, 11) is 0. The normalized spacial score (nSPS) is 13.1. The number of hydrogen-bond donors (Lipinski definition) is 3. The van der Waals surface area contributed by atoms with Gasteiger partial charge in [0.05, 0.1) is 17.9 Å². The number of hydrogen-bond acceptors (Lipinski definition) is 8. The molecule has 11 heteroatoms. The Labute approximate surface area is 205 Å². The van der Waals surface area contributed by atoms with E-state index in [4.69, 9.17) is 4.74 Å². The Morgan fingerprint density at radius 1 is 1.21 bits per heavy atom. The minimum atomic E-state index is -0.588. The number of ether oxygens (including phenoxy) is 1. The summed E-state index contributed by atoms with van der Waals surface area (Å²) in [4.78, 5) is 45.6. The van der Waals surface area contributed by atoms with Crippen LogP contribution >= 0.6 is 22.7 Å². The molecule has 1 aliphatic heterocycles. The molecular formula is C23H25N5O4S2. The molecule has 3 aromatic rings. The number of rotatable bonds is 5. The first kappa shape index (κ1) is 23.8. The Morgan fingerprint density at radius 3 is 2.76 bits per heavy atom. The average Bonchev–Trinajstić information content (AvgIpc) is 3.37. The second-order valence-electron chi connectivity index (χ2n) is 8.79. The monoisotopic (exact) mass is 499 g/mol. The van der Waals surface area contributed by atoms with Crippen molar-refractivity contribution in [3.05, 3.63) is 44.7 Å². The molecule has 0 atom stereocenters. The predicted octanol–water partition coefficient (Wildman–Crippen LogP) is 4.74. The zero-order chi connectivity index (χ0) is 24.5. The number of carbonyl (C=O) groups is 3. The summed E-state index contributed by atoms with van der Waals surface area (Å²) < 4.78 is 5.22. The summed E-state index contributed by atoms with van der Waals surface area (Å²) in [6, 6.07) is 5.81. The molecule has 0 radical (unpaired) electrons. The third-order valence-corrected chi connectivity index (χ3v) is 6.76. The third kappa shape index (κ3) is 5.78. The van der Waals surface area contributed by atoms with Crippen molar-refractivity contribution in [2.75, 3.05) is 10.6 Å². The third-order valence-electron chi connectivity index (χ3n) is 4.85. The maximum atomic E-state index is 12.8. The fourth-order valence-corrected chi connectivity index (χ4v) is 4.98. The Kier molecular flexibility index (Phi) is 6.67. The highest BCUT2D eigenvalue weighted by atomic mass is 32.1. The molecule has 0 fully saturated rings. The number of anilines is 2. The lowest BCUT2D eigenvalue weighted by atomic mass is 9.99. The van der Waals surface area contributed by atoms with E-state index < -0.39 is 11.7 Å². The number of fused-ring (bicyclic) bond motifs is 1. The number of aryl methyl sites for hydroxylation is 2. The second-order valence-corrected chi connectivity index (χ2v) is 10.7. The molecule has 1 aliphatic rings. The molecule has 3 N–H and O–H groups in total. The van der Waals surface area contributed by atoms with E-state index in [0.717, 1.165) is 22.5 Å². The topological polar surface area (TPSA) is 122 Å². The molecule has 4 rings (SSSR count). The molecule has 3 amide bonds. The van der Waals surface area contributed by atoms with Crippen molar-refractivity contribution in [2.45, 2.75) is 52.7 Å². The van der Waals surface area contributed by atoms with Gasteiger partial charge in [-0.1, -0.05) is 6.07 Å². The molecular weight excluding hydrogens is 474 g/mol. The number of alkyl carbamates (subject to hydrolysis) is 1. The van der Waals surface area contributed by atoms with E-state index in [1.54, 1.807) is 27.7 Å². The maximum absolute atomic E-state index is 12.8. The van der Waals surface area contributed by atoms with Crippen LogP contribution in [0.3, 0.4) is 0 Å². The van der Waals surface area contributed by atoms with Gasteiger partial charge in [-0.2, -0.15) is 0 Å². The van der Waals surface area contributed by atoms with Gasteiger partial charge in [-0.25, -0.2) is 14.8 Å². The van der Waals surface area contributed by atoms with E-state index in [1.807, 2.05) is 23.6 Å². The van der Waals surface area contributed by atoms with Crippen LogP contribution in [0.1, 0.15) is 53.1 Å². The number of nitrogens with zero attached hydrogens (tertiary/aromatic N) is 2. The highest BCUT2D eigenvalue weighted by Crippen LogP contribution is 2.31. The van der Waals surface area contributed by atoms with Crippen molar-refractivity contribution in [3.63, 3.8) is 0 Å². The van der Waals surface area contributed by atoms with Crippen LogP contribution in [0.2, 0.25) is 0 Å². The van der Waals surface area contributed by atoms with Gasteiger partial charge < -0.3 is 15.4 Å². The number of amides is 3. The number of carbonyl (C=O) groups excluding carboxylic acids is 3. The van der Waals surface area contributed by atoms with Crippen LogP contribution in [0.4, 0.5) is 15.6 Å². The predicted molar refractivity (Wildman–Crippen MR) is 132 cm³/mol. The lowest BCUT2D eigenvalue weighted by molar-refractivity contribution is -0.116. The summed E-state index contributed by atoms with van der Waals surface area (Å²) >= 11 is 2.55. The van der Waals surface area contributed by atoms with Crippen LogP contribution in [0.25, 0.3) is 11.3 Å². The Balaban J connectivity index is 1.39. The molecule has 34 heavy (non-hydrogen) atoms. The summed E-state index contributed by atoms with van der Waals surface area (Å²) in [5, 5.41) is 11.3. The van der Waals surface area contributed by atoms with Gasteiger partial charge in [0.25, 0.3) is 5.91 Å². The summed E-state index contributed by atoms with van der Waals surface area (Å²) in [6.07, 6.45) is 0.628. The van der Waals surface area contributed by atoms with Crippen LogP contribution in [0, 0.1) is 6.92 Å². The second kappa shape index (κ2) is 9.51. The minimum Gasteiger partial charge on any atom is -0.444 e. The first-order valence-corrected chi connectivity index (χ1v) is 12.4. The Morgan fingerprint density at radius 2 is 2.00 bits per heavy atom. The number of thiazole rings is 2. The zero-order valence-electron chi connectivity index (χ0n) is 19.3. The standard InChI is InChI=1S/C23H25N5O4S2/c1-12-19(34-18(25-12)10-24-22(31)32-23(2,3)4)20(30)28-21-27-16(11-33-21)14-5-7-15-13(9-14)6-8-17(29)26-15/h5,7,9,11H,6,8,10H2,1-4H3,(H,24,31)(H,26,29)(H,27,28,30). The van der Waals surface area contributed by atoms with Gasteiger partial charge in [0, 0.05) is 23.1 Å². The summed E-state index contributed by atoms with van der Waals surface area (Å²) in [5.74, 6) is -0.270.